The molecule has 0 aliphatic heterocycles. The summed E-state index contributed by atoms with van der Waals surface area (Å²) in [7, 11) is 0. The Hall–Kier alpha value is -1.93. The van der Waals surface area contributed by atoms with Crippen LogP contribution in [0.4, 0.5) is 0 Å². The van der Waals surface area contributed by atoms with Crippen molar-refractivity contribution < 1.29 is 0 Å². The summed E-state index contributed by atoms with van der Waals surface area (Å²) in [5, 5.41) is 0.577. The van der Waals surface area contributed by atoms with Gasteiger partial charge in [0, 0.05) is 34.2 Å². The van der Waals surface area contributed by atoms with Crippen LogP contribution < -0.4 is 11.1 Å². The normalized spacial score (nSPS) is 13.9. The van der Waals surface area contributed by atoms with Gasteiger partial charge in [0.15, 0.2) is 10.1 Å². The van der Waals surface area contributed by atoms with Gasteiger partial charge in [0.05, 0.1) is 5.69 Å². The van der Waals surface area contributed by atoms with Crippen LogP contribution in [0.1, 0.15) is 48.1 Å². The summed E-state index contributed by atoms with van der Waals surface area (Å²) in [6.07, 6.45) is 6.05. The average Bonchev–Trinajstić information content (AvgIpc) is 2.98. The van der Waals surface area contributed by atoms with Crippen molar-refractivity contribution in [1.82, 2.24) is 19.4 Å². The molecule has 0 saturated carbocycles. The van der Waals surface area contributed by atoms with E-state index in [0.29, 0.717) is 10.9 Å². The molecule has 0 radical (unpaired) electrons. The minimum absolute atomic E-state index is 0.00816. The fraction of sp³-hybridized carbons (Fsp3) is 0.444. The molecule has 0 amide bonds. The van der Waals surface area contributed by atoms with Crippen molar-refractivity contribution in [3.63, 3.8) is 0 Å². The highest BCUT2D eigenvalue weighted by molar-refractivity contribution is 7.98. The maximum absolute atomic E-state index is 12.6. The Morgan fingerprint density at radius 2 is 2.04 bits per heavy atom. The summed E-state index contributed by atoms with van der Waals surface area (Å²) in [5.41, 5.74) is 2.52. The third-order valence-electron chi connectivity index (χ3n) is 4.45. The first-order valence-corrected chi connectivity index (χ1v) is 10.7. The molecule has 0 atom stereocenters. The van der Waals surface area contributed by atoms with Gasteiger partial charge < -0.3 is 4.98 Å². The van der Waals surface area contributed by atoms with E-state index in [2.05, 4.69) is 21.9 Å². The molecule has 0 spiro atoms. The van der Waals surface area contributed by atoms with Crippen LogP contribution in [-0.2, 0) is 25.0 Å². The van der Waals surface area contributed by atoms with E-state index in [-0.39, 0.29) is 11.1 Å². The molecule has 3 heterocycles. The summed E-state index contributed by atoms with van der Waals surface area (Å²) in [4.78, 5) is 38.3. The number of hydrogen-bond donors (Lipinski definition) is 1. The minimum Gasteiger partial charge on any atom is -0.301 e. The molecule has 3 aromatic heterocycles. The van der Waals surface area contributed by atoms with Crippen molar-refractivity contribution in [2.24, 2.45) is 0 Å². The lowest BCUT2D eigenvalue weighted by atomic mass is 10.0. The van der Waals surface area contributed by atoms with Crippen LogP contribution in [0.3, 0.4) is 0 Å². The second-order valence-corrected chi connectivity index (χ2v) is 8.49. The van der Waals surface area contributed by atoms with E-state index in [1.54, 1.807) is 27.9 Å². The number of fused-ring (bicyclic) bond motifs is 3. The molecule has 3 aromatic rings. The van der Waals surface area contributed by atoms with E-state index in [9.17, 15) is 9.59 Å². The van der Waals surface area contributed by atoms with Crippen molar-refractivity contribution in [3.8, 4) is 0 Å². The van der Waals surface area contributed by atoms with Gasteiger partial charge in [-0.1, -0.05) is 25.1 Å². The summed E-state index contributed by atoms with van der Waals surface area (Å²) in [6.45, 7) is 2.06. The Balaban J connectivity index is 1.60. The molecule has 6 nitrogen and oxygen atoms in total. The molecular formula is C18H20N4O2S2. The summed E-state index contributed by atoms with van der Waals surface area (Å²) in [5.74, 6) is 0.507. The van der Waals surface area contributed by atoms with Gasteiger partial charge in [-0.2, -0.15) is 0 Å². The van der Waals surface area contributed by atoms with Crippen LogP contribution in [-0.4, -0.2) is 19.4 Å². The van der Waals surface area contributed by atoms with E-state index in [1.807, 2.05) is 0 Å². The van der Waals surface area contributed by atoms with Gasteiger partial charge in [-0.15, -0.1) is 11.3 Å². The first-order chi connectivity index (χ1) is 12.6. The SMILES string of the molecule is CCCc1cc(=O)[nH]c(SCc2cc(=O)n3c4c(sc3n2)CCCC4)n1. The monoisotopic (exact) mass is 388 g/mol. The lowest BCUT2D eigenvalue weighted by molar-refractivity contribution is 0.670. The van der Waals surface area contributed by atoms with E-state index in [1.165, 1.54) is 23.1 Å². The maximum atomic E-state index is 12.6. The Labute approximate surface area is 158 Å². The Morgan fingerprint density at radius 3 is 2.88 bits per heavy atom. The average molecular weight is 389 g/mol. The summed E-state index contributed by atoms with van der Waals surface area (Å²) < 4.78 is 1.77. The van der Waals surface area contributed by atoms with Crippen LogP contribution in [0.25, 0.3) is 4.96 Å². The van der Waals surface area contributed by atoms with Crippen LogP contribution in [0.15, 0.2) is 26.9 Å². The number of nitrogens with zero attached hydrogens (tertiary/aromatic N) is 3. The quantitative estimate of drug-likeness (QED) is 0.537. The third kappa shape index (κ3) is 3.48. The first kappa shape index (κ1) is 17.5. The van der Waals surface area contributed by atoms with Crippen molar-refractivity contribution >= 4 is 28.1 Å². The minimum atomic E-state index is -0.139. The number of hydrogen-bond acceptors (Lipinski definition) is 6. The molecule has 4 rings (SSSR count). The molecule has 0 fully saturated rings. The zero-order chi connectivity index (χ0) is 18.1. The summed E-state index contributed by atoms with van der Waals surface area (Å²) >= 11 is 3.04. The Kier molecular flexibility index (Phi) is 4.95. The number of aryl methyl sites for hydroxylation is 3. The van der Waals surface area contributed by atoms with Crippen molar-refractivity contribution in [1.29, 1.82) is 0 Å². The largest absolute Gasteiger partial charge is 0.301 e. The third-order valence-corrected chi connectivity index (χ3v) is 6.50. The highest BCUT2D eigenvalue weighted by atomic mass is 32.2. The Morgan fingerprint density at radius 1 is 1.19 bits per heavy atom. The molecular weight excluding hydrogens is 368 g/mol. The van der Waals surface area contributed by atoms with Gasteiger partial charge in [-0.3, -0.25) is 14.0 Å². The molecule has 0 saturated heterocycles. The van der Waals surface area contributed by atoms with Crippen molar-refractivity contribution in [2.45, 2.75) is 56.4 Å². The molecule has 136 valence electrons. The zero-order valence-electron chi connectivity index (χ0n) is 14.6. The molecule has 1 aliphatic rings. The smallest absolute Gasteiger partial charge is 0.259 e. The van der Waals surface area contributed by atoms with Gasteiger partial charge >= 0.3 is 0 Å². The first-order valence-electron chi connectivity index (χ1n) is 8.90. The predicted octanol–water partition coefficient (Wildman–Crippen LogP) is 2.96. The molecule has 0 bridgehead atoms. The molecule has 0 unspecified atom stereocenters. The number of H-pyrrole nitrogens is 1. The van der Waals surface area contributed by atoms with Crippen molar-refractivity contribution in [3.05, 3.63) is 54.8 Å². The van der Waals surface area contributed by atoms with Crippen LogP contribution >= 0.6 is 23.1 Å². The zero-order valence-corrected chi connectivity index (χ0v) is 16.2. The van der Waals surface area contributed by atoms with Gasteiger partial charge in [0.2, 0.25) is 0 Å². The summed E-state index contributed by atoms with van der Waals surface area (Å²) in [6, 6.07) is 3.15. The number of aromatic amines is 1. The predicted molar refractivity (Wildman–Crippen MR) is 104 cm³/mol. The second kappa shape index (κ2) is 7.36. The van der Waals surface area contributed by atoms with E-state index >= 15 is 0 Å². The van der Waals surface area contributed by atoms with Crippen LogP contribution in [0.2, 0.25) is 0 Å². The van der Waals surface area contributed by atoms with Gasteiger partial charge in [0.1, 0.15) is 0 Å². The molecule has 26 heavy (non-hydrogen) atoms. The fourth-order valence-corrected chi connectivity index (χ4v) is 5.31. The second-order valence-electron chi connectivity index (χ2n) is 6.46. The Bertz CT molecular complexity index is 1070. The molecule has 0 aromatic carbocycles. The molecule has 1 N–H and O–H groups in total. The highest BCUT2D eigenvalue weighted by Gasteiger charge is 2.18. The van der Waals surface area contributed by atoms with Crippen LogP contribution in [0, 0.1) is 0 Å². The van der Waals surface area contributed by atoms with E-state index < -0.39 is 0 Å². The number of rotatable bonds is 5. The lowest BCUT2D eigenvalue weighted by Crippen LogP contribution is -2.17. The number of thioether (sulfide) groups is 1. The van der Waals surface area contributed by atoms with Crippen molar-refractivity contribution in [2.75, 3.05) is 0 Å². The topological polar surface area (TPSA) is 80.1 Å². The maximum Gasteiger partial charge on any atom is 0.259 e. The van der Waals surface area contributed by atoms with E-state index in [4.69, 9.17) is 0 Å². The number of thiazole rings is 1. The highest BCUT2D eigenvalue weighted by Crippen LogP contribution is 2.28. The standard InChI is InChI=1S/C18H20N4O2S2/c1-2-5-11-8-15(23)21-17(19-11)25-10-12-9-16(24)22-13-6-3-4-7-14(13)26-18(22)20-12/h8-9H,2-7,10H2,1H3,(H,19,21,23). The number of aromatic nitrogens is 4. The molecule has 1 aliphatic carbocycles. The van der Waals surface area contributed by atoms with Gasteiger partial charge in [-0.05, 0) is 32.1 Å². The van der Waals surface area contributed by atoms with Gasteiger partial charge in [0.25, 0.3) is 11.1 Å². The van der Waals surface area contributed by atoms with Gasteiger partial charge in [-0.25, -0.2) is 9.97 Å². The van der Waals surface area contributed by atoms with Crippen LogP contribution in [0.5, 0.6) is 0 Å². The number of nitrogens with one attached hydrogen (secondary N) is 1. The fourth-order valence-electron chi connectivity index (χ4n) is 3.29. The molecule has 8 heteroatoms. The van der Waals surface area contributed by atoms with E-state index in [0.717, 1.165) is 54.1 Å². The lowest BCUT2D eigenvalue weighted by Gasteiger charge is -2.10.